The molecule has 0 saturated heterocycles. The van der Waals surface area contributed by atoms with Crippen LogP contribution in [0.1, 0.15) is 37.0 Å². The summed E-state index contributed by atoms with van der Waals surface area (Å²) >= 11 is 11.9. The second kappa shape index (κ2) is 6.12. The zero-order valence-electron chi connectivity index (χ0n) is 9.39. The molecule has 0 fully saturated rings. The Hall–Kier alpha value is -0.730. The molecule has 0 heterocycles. The van der Waals surface area contributed by atoms with E-state index in [1.54, 1.807) is 18.2 Å². The predicted molar refractivity (Wildman–Crippen MR) is 68.3 cm³/mol. The molecule has 1 aromatic rings. The molecule has 0 radical (unpaired) electrons. The Morgan fingerprint density at radius 2 is 1.94 bits per heavy atom. The number of rotatable bonds is 4. The zero-order valence-corrected chi connectivity index (χ0v) is 10.9. The molecule has 88 valence electrons. The second-order valence-corrected chi connectivity index (χ2v) is 4.57. The molecule has 1 aromatic carbocycles. The van der Waals surface area contributed by atoms with Gasteiger partial charge in [0.2, 0.25) is 0 Å². The molecule has 0 aromatic heterocycles. The van der Waals surface area contributed by atoms with Gasteiger partial charge in [0.15, 0.2) is 0 Å². The first kappa shape index (κ1) is 13.3. The van der Waals surface area contributed by atoms with Gasteiger partial charge in [0.1, 0.15) is 0 Å². The lowest BCUT2D eigenvalue weighted by Gasteiger charge is -2.14. The molecule has 1 unspecified atom stereocenters. The van der Waals surface area contributed by atoms with E-state index in [1.807, 2.05) is 6.92 Å². The average molecular weight is 260 g/mol. The minimum atomic E-state index is -0.212. The molecular weight excluding hydrogens is 245 g/mol. The van der Waals surface area contributed by atoms with E-state index in [0.717, 1.165) is 12.8 Å². The molecule has 0 aliphatic rings. The molecule has 16 heavy (non-hydrogen) atoms. The predicted octanol–water partition coefficient (Wildman–Crippen LogP) is 3.91. The standard InChI is InChI=1S/C12H15Cl2NO/c1-3-5-8(2)15-12(16)11-9(13)6-4-7-10(11)14/h4,6-8H,3,5H2,1-2H3,(H,15,16). The highest BCUT2D eigenvalue weighted by molar-refractivity contribution is 6.39. The molecule has 1 rings (SSSR count). The quantitative estimate of drug-likeness (QED) is 0.873. The molecule has 1 N–H and O–H groups in total. The zero-order chi connectivity index (χ0) is 12.1. The van der Waals surface area contributed by atoms with E-state index in [9.17, 15) is 4.79 Å². The van der Waals surface area contributed by atoms with E-state index in [-0.39, 0.29) is 11.9 Å². The van der Waals surface area contributed by atoms with Crippen LogP contribution in [0, 0.1) is 0 Å². The van der Waals surface area contributed by atoms with Gasteiger partial charge < -0.3 is 5.32 Å². The summed E-state index contributed by atoms with van der Waals surface area (Å²) in [6.45, 7) is 4.04. The van der Waals surface area contributed by atoms with Gasteiger partial charge in [-0.1, -0.05) is 42.6 Å². The van der Waals surface area contributed by atoms with E-state index in [0.29, 0.717) is 15.6 Å². The van der Waals surface area contributed by atoms with E-state index in [2.05, 4.69) is 12.2 Å². The summed E-state index contributed by atoms with van der Waals surface area (Å²) in [5.74, 6) is -0.212. The molecular formula is C12H15Cl2NO. The highest BCUT2D eigenvalue weighted by Crippen LogP contribution is 2.24. The Labute approximate surface area is 106 Å². The average Bonchev–Trinajstić information content (AvgIpc) is 2.17. The maximum absolute atomic E-state index is 11.9. The van der Waals surface area contributed by atoms with Crippen molar-refractivity contribution < 1.29 is 4.79 Å². The second-order valence-electron chi connectivity index (χ2n) is 3.76. The lowest BCUT2D eigenvalue weighted by Crippen LogP contribution is -2.32. The van der Waals surface area contributed by atoms with Crippen molar-refractivity contribution in [3.05, 3.63) is 33.8 Å². The van der Waals surface area contributed by atoms with Crippen LogP contribution in [0.25, 0.3) is 0 Å². The Bertz CT molecular complexity index is 359. The van der Waals surface area contributed by atoms with Crippen molar-refractivity contribution in [2.45, 2.75) is 32.7 Å². The van der Waals surface area contributed by atoms with Crippen molar-refractivity contribution in [1.82, 2.24) is 5.32 Å². The summed E-state index contributed by atoms with van der Waals surface area (Å²) in [5.41, 5.74) is 0.355. The SMILES string of the molecule is CCCC(C)NC(=O)c1c(Cl)cccc1Cl. The molecule has 0 spiro atoms. The Morgan fingerprint density at radius 3 is 2.44 bits per heavy atom. The summed E-state index contributed by atoms with van der Waals surface area (Å²) in [4.78, 5) is 11.9. The smallest absolute Gasteiger partial charge is 0.254 e. The maximum atomic E-state index is 11.9. The number of nitrogens with one attached hydrogen (secondary N) is 1. The van der Waals surface area contributed by atoms with Gasteiger partial charge in [-0.15, -0.1) is 0 Å². The molecule has 4 heteroatoms. The lowest BCUT2D eigenvalue weighted by atomic mass is 10.1. The van der Waals surface area contributed by atoms with Gasteiger partial charge in [0.25, 0.3) is 5.91 Å². The molecule has 1 amide bonds. The lowest BCUT2D eigenvalue weighted by molar-refractivity contribution is 0.0938. The minimum absolute atomic E-state index is 0.129. The fourth-order valence-electron chi connectivity index (χ4n) is 1.52. The van der Waals surface area contributed by atoms with Crippen LogP contribution in [-0.4, -0.2) is 11.9 Å². The monoisotopic (exact) mass is 259 g/mol. The Kier molecular flexibility index (Phi) is 5.10. The molecule has 0 aliphatic heterocycles. The first-order valence-corrected chi connectivity index (χ1v) is 6.06. The number of halogens is 2. The fourth-order valence-corrected chi connectivity index (χ4v) is 2.08. The number of carbonyl (C=O) groups is 1. The van der Waals surface area contributed by atoms with E-state index in [4.69, 9.17) is 23.2 Å². The van der Waals surface area contributed by atoms with Crippen LogP contribution in [0.15, 0.2) is 18.2 Å². The third-order valence-corrected chi connectivity index (χ3v) is 2.92. The van der Waals surface area contributed by atoms with Crippen molar-refractivity contribution in [2.24, 2.45) is 0 Å². The number of benzene rings is 1. The Balaban J connectivity index is 2.80. The maximum Gasteiger partial charge on any atom is 0.254 e. The van der Waals surface area contributed by atoms with Gasteiger partial charge in [-0.05, 0) is 25.5 Å². The molecule has 1 atom stereocenters. The van der Waals surface area contributed by atoms with Gasteiger partial charge in [0, 0.05) is 6.04 Å². The van der Waals surface area contributed by atoms with Crippen molar-refractivity contribution in [3.63, 3.8) is 0 Å². The van der Waals surface area contributed by atoms with Crippen molar-refractivity contribution >= 4 is 29.1 Å². The van der Waals surface area contributed by atoms with Gasteiger partial charge in [-0.3, -0.25) is 4.79 Å². The summed E-state index contributed by atoms with van der Waals surface area (Å²) in [6, 6.07) is 5.17. The van der Waals surface area contributed by atoms with Gasteiger partial charge >= 0.3 is 0 Å². The first-order valence-electron chi connectivity index (χ1n) is 5.31. The van der Waals surface area contributed by atoms with E-state index < -0.39 is 0 Å². The van der Waals surface area contributed by atoms with Gasteiger partial charge in [-0.2, -0.15) is 0 Å². The molecule has 2 nitrogen and oxygen atoms in total. The summed E-state index contributed by atoms with van der Waals surface area (Å²) in [7, 11) is 0. The summed E-state index contributed by atoms with van der Waals surface area (Å²) in [5, 5.41) is 3.64. The number of amides is 1. The highest BCUT2D eigenvalue weighted by atomic mass is 35.5. The number of hydrogen-bond donors (Lipinski definition) is 1. The van der Waals surface area contributed by atoms with Crippen LogP contribution in [0.4, 0.5) is 0 Å². The largest absolute Gasteiger partial charge is 0.349 e. The third kappa shape index (κ3) is 3.39. The topological polar surface area (TPSA) is 29.1 Å². The van der Waals surface area contributed by atoms with Crippen LogP contribution < -0.4 is 5.32 Å². The van der Waals surface area contributed by atoms with Gasteiger partial charge in [-0.25, -0.2) is 0 Å². The van der Waals surface area contributed by atoms with Crippen LogP contribution in [-0.2, 0) is 0 Å². The molecule has 0 bridgehead atoms. The normalized spacial score (nSPS) is 12.2. The Morgan fingerprint density at radius 1 is 1.38 bits per heavy atom. The van der Waals surface area contributed by atoms with Gasteiger partial charge in [0.05, 0.1) is 15.6 Å². The first-order chi connectivity index (χ1) is 7.56. The third-order valence-electron chi connectivity index (χ3n) is 2.29. The van der Waals surface area contributed by atoms with Crippen molar-refractivity contribution in [3.8, 4) is 0 Å². The van der Waals surface area contributed by atoms with E-state index >= 15 is 0 Å². The van der Waals surface area contributed by atoms with Crippen LogP contribution in [0.2, 0.25) is 10.0 Å². The van der Waals surface area contributed by atoms with Crippen molar-refractivity contribution in [1.29, 1.82) is 0 Å². The van der Waals surface area contributed by atoms with E-state index in [1.165, 1.54) is 0 Å². The van der Waals surface area contributed by atoms with Crippen LogP contribution in [0.5, 0.6) is 0 Å². The molecule has 0 aliphatic carbocycles. The minimum Gasteiger partial charge on any atom is -0.349 e. The number of hydrogen-bond acceptors (Lipinski definition) is 1. The van der Waals surface area contributed by atoms with Crippen molar-refractivity contribution in [2.75, 3.05) is 0 Å². The fraction of sp³-hybridized carbons (Fsp3) is 0.417. The van der Waals surface area contributed by atoms with Crippen LogP contribution >= 0.6 is 23.2 Å². The summed E-state index contributed by atoms with van der Waals surface area (Å²) < 4.78 is 0. The highest BCUT2D eigenvalue weighted by Gasteiger charge is 2.15. The summed E-state index contributed by atoms with van der Waals surface area (Å²) in [6.07, 6.45) is 1.96. The van der Waals surface area contributed by atoms with Crippen LogP contribution in [0.3, 0.4) is 0 Å². The number of carbonyl (C=O) groups excluding carboxylic acids is 1. The molecule has 0 saturated carbocycles.